The Bertz CT molecular complexity index is 388. The molecular formula is C14H19NO. The Labute approximate surface area is 97.2 Å². The Kier molecular flexibility index (Phi) is 2.49. The molecule has 0 aliphatic carbocycles. The highest BCUT2D eigenvalue weighted by Crippen LogP contribution is 2.40. The zero-order valence-electron chi connectivity index (χ0n) is 10.0. The maximum absolute atomic E-state index is 6.10. The van der Waals surface area contributed by atoms with Crippen LogP contribution in [0.25, 0.3) is 0 Å². The van der Waals surface area contributed by atoms with Gasteiger partial charge in [-0.3, -0.25) is 0 Å². The minimum absolute atomic E-state index is 0.330. The van der Waals surface area contributed by atoms with Gasteiger partial charge in [-0.2, -0.15) is 0 Å². The van der Waals surface area contributed by atoms with Gasteiger partial charge in [0.05, 0.1) is 12.2 Å². The summed E-state index contributed by atoms with van der Waals surface area (Å²) in [6.45, 7) is 0. The number of ether oxygens (including phenoxy) is 1. The van der Waals surface area contributed by atoms with E-state index < -0.39 is 0 Å². The molecule has 2 aliphatic heterocycles. The van der Waals surface area contributed by atoms with Crippen LogP contribution < -0.4 is 0 Å². The molecule has 0 radical (unpaired) electrons. The molecule has 2 aliphatic rings. The number of rotatable bonds is 1. The van der Waals surface area contributed by atoms with Gasteiger partial charge in [-0.1, -0.05) is 24.3 Å². The summed E-state index contributed by atoms with van der Waals surface area (Å²) in [4.78, 5) is 2.34. The van der Waals surface area contributed by atoms with Gasteiger partial charge in [-0.15, -0.1) is 0 Å². The van der Waals surface area contributed by atoms with Gasteiger partial charge in [-0.25, -0.2) is 0 Å². The number of benzene rings is 1. The van der Waals surface area contributed by atoms with Gasteiger partial charge in [0.15, 0.2) is 0 Å². The van der Waals surface area contributed by atoms with E-state index in [2.05, 4.69) is 43.3 Å². The lowest BCUT2D eigenvalue weighted by Crippen LogP contribution is -2.42. The molecule has 2 bridgehead atoms. The summed E-state index contributed by atoms with van der Waals surface area (Å²) in [5, 5.41) is 0. The fourth-order valence-corrected chi connectivity index (χ4v) is 3.02. The molecule has 0 saturated carbocycles. The molecule has 2 heteroatoms. The third-order valence-corrected chi connectivity index (χ3v) is 3.96. The Morgan fingerprint density at radius 1 is 1.19 bits per heavy atom. The fourth-order valence-electron chi connectivity index (χ4n) is 3.02. The van der Waals surface area contributed by atoms with E-state index in [-0.39, 0.29) is 0 Å². The normalized spacial score (nSPS) is 32.6. The molecule has 0 aromatic heterocycles. The van der Waals surface area contributed by atoms with E-state index in [1.165, 1.54) is 17.5 Å². The van der Waals surface area contributed by atoms with Crippen molar-refractivity contribution in [3.05, 3.63) is 35.4 Å². The van der Waals surface area contributed by atoms with E-state index in [4.69, 9.17) is 4.74 Å². The van der Waals surface area contributed by atoms with Gasteiger partial charge < -0.3 is 9.64 Å². The summed E-state index contributed by atoms with van der Waals surface area (Å²) < 4.78 is 6.10. The third kappa shape index (κ3) is 1.66. The minimum atomic E-state index is 0.330. The molecule has 2 nitrogen and oxygen atoms in total. The molecular weight excluding hydrogens is 198 g/mol. The molecule has 1 aromatic carbocycles. The summed E-state index contributed by atoms with van der Waals surface area (Å²) >= 11 is 0. The van der Waals surface area contributed by atoms with E-state index in [1.54, 1.807) is 0 Å². The Morgan fingerprint density at radius 3 is 2.81 bits per heavy atom. The van der Waals surface area contributed by atoms with Gasteiger partial charge in [0, 0.05) is 6.04 Å². The van der Waals surface area contributed by atoms with Crippen molar-refractivity contribution in [3.8, 4) is 0 Å². The van der Waals surface area contributed by atoms with Gasteiger partial charge in [0.2, 0.25) is 0 Å². The van der Waals surface area contributed by atoms with Crippen LogP contribution in [0, 0.1) is 0 Å². The van der Waals surface area contributed by atoms with Crippen LogP contribution in [-0.2, 0) is 11.2 Å². The summed E-state index contributed by atoms with van der Waals surface area (Å²) in [7, 11) is 4.36. The second-order valence-electron chi connectivity index (χ2n) is 5.24. The fraction of sp³-hybridized carbons (Fsp3) is 0.571. The highest BCUT2D eigenvalue weighted by atomic mass is 16.5. The average Bonchev–Trinajstić information content (AvgIpc) is 2.28. The Morgan fingerprint density at radius 2 is 2.00 bits per heavy atom. The Hall–Kier alpha value is -0.860. The summed E-state index contributed by atoms with van der Waals surface area (Å²) in [6.07, 6.45) is 4.17. The van der Waals surface area contributed by atoms with Crippen LogP contribution in [0.4, 0.5) is 0 Å². The lowest BCUT2D eigenvalue weighted by atomic mass is 9.83. The van der Waals surface area contributed by atoms with Crippen molar-refractivity contribution in [3.63, 3.8) is 0 Å². The van der Waals surface area contributed by atoms with Crippen molar-refractivity contribution in [2.24, 2.45) is 0 Å². The van der Waals surface area contributed by atoms with Crippen molar-refractivity contribution in [1.29, 1.82) is 0 Å². The molecule has 1 aromatic rings. The molecule has 3 atom stereocenters. The van der Waals surface area contributed by atoms with Crippen LogP contribution in [0.5, 0.6) is 0 Å². The molecule has 16 heavy (non-hydrogen) atoms. The SMILES string of the molecule is CN(C)[C@@H]1C[C@@H]2Cc3ccccc3[C@H](C1)O2. The summed E-state index contributed by atoms with van der Waals surface area (Å²) in [5.74, 6) is 0. The van der Waals surface area contributed by atoms with Crippen LogP contribution in [0.15, 0.2) is 24.3 Å². The van der Waals surface area contributed by atoms with Crippen LogP contribution >= 0.6 is 0 Å². The topological polar surface area (TPSA) is 12.5 Å². The summed E-state index contributed by atoms with van der Waals surface area (Å²) in [6, 6.07) is 9.44. The first-order valence-electron chi connectivity index (χ1n) is 6.13. The molecule has 3 rings (SSSR count). The monoisotopic (exact) mass is 217 g/mol. The van der Waals surface area contributed by atoms with E-state index >= 15 is 0 Å². The standard InChI is InChI=1S/C14H19NO/c1-15(2)11-8-12-7-10-5-3-4-6-13(10)14(9-11)16-12/h3-6,11-12,14H,7-9H2,1-2H3/t11-,12+,14+/m1/s1. The van der Waals surface area contributed by atoms with Gasteiger partial charge in [-0.05, 0) is 44.5 Å². The first-order chi connectivity index (χ1) is 7.74. The maximum atomic E-state index is 6.10. The van der Waals surface area contributed by atoms with Crippen molar-refractivity contribution in [1.82, 2.24) is 4.90 Å². The smallest absolute Gasteiger partial charge is 0.0846 e. The average molecular weight is 217 g/mol. The van der Waals surface area contributed by atoms with Crippen LogP contribution in [0.1, 0.15) is 30.1 Å². The molecule has 1 saturated heterocycles. The molecule has 2 heterocycles. The van der Waals surface area contributed by atoms with Crippen molar-refractivity contribution >= 4 is 0 Å². The lowest BCUT2D eigenvalue weighted by molar-refractivity contribution is -0.0871. The second kappa shape index (κ2) is 3.86. The first kappa shape index (κ1) is 10.3. The summed E-state index contributed by atoms with van der Waals surface area (Å²) in [5.41, 5.74) is 2.92. The molecule has 0 N–H and O–H groups in total. The molecule has 0 spiro atoms. The van der Waals surface area contributed by atoms with Crippen LogP contribution in [0.2, 0.25) is 0 Å². The molecule has 86 valence electrons. The molecule has 0 unspecified atom stereocenters. The van der Waals surface area contributed by atoms with Gasteiger partial charge in [0.1, 0.15) is 0 Å². The Balaban J connectivity index is 1.91. The number of nitrogens with zero attached hydrogens (tertiary/aromatic N) is 1. The van der Waals surface area contributed by atoms with Gasteiger partial charge in [0.25, 0.3) is 0 Å². The number of fused-ring (bicyclic) bond motifs is 4. The highest BCUT2D eigenvalue weighted by molar-refractivity contribution is 5.32. The third-order valence-electron chi connectivity index (χ3n) is 3.96. The van der Waals surface area contributed by atoms with Crippen LogP contribution in [0.3, 0.4) is 0 Å². The largest absolute Gasteiger partial charge is 0.370 e. The van der Waals surface area contributed by atoms with E-state index in [1.807, 2.05) is 0 Å². The quantitative estimate of drug-likeness (QED) is 0.716. The highest BCUT2D eigenvalue weighted by Gasteiger charge is 2.36. The predicted octanol–water partition coefficient (Wildman–Crippen LogP) is 2.39. The second-order valence-corrected chi connectivity index (χ2v) is 5.24. The van der Waals surface area contributed by atoms with E-state index in [0.29, 0.717) is 18.2 Å². The van der Waals surface area contributed by atoms with Crippen molar-refractivity contribution in [2.75, 3.05) is 14.1 Å². The van der Waals surface area contributed by atoms with Gasteiger partial charge >= 0.3 is 0 Å². The maximum Gasteiger partial charge on any atom is 0.0846 e. The van der Waals surface area contributed by atoms with Crippen molar-refractivity contribution < 1.29 is 4.74 Å². The number of hydrogen-bond donors (Lipinski definition) is 0. The van der Waals surface area contributed by atoms with E-state index in [0.717, 1.165) is 12.8 Å². The molecule has 1 fully saturated rings. The van der Waals surface area contributed by atoms with Crippen LogP contribution in [-0.4, -0.2) is 31.1 Å². The first-order valence-corrected chi connectivity index (χ1v) is 6.13. The van der Waals surface area contributed by atoms with Crippen molar-refractivity contribution in [2.45, 2.75) is 37.5 Å². The number of hydrogen-bond acceptors (Lipinski definition) is 2. The molecule has 0 amide bonds. The minimum Gasteiger partial charge on any atom is -0.370 e. The predicted molar refractivity (Wildman–Crippen MR) is 64.5 cm³/mol. The zero-order valence-corrected chi connectivity index (χ0v) is 10.0. The zero-order chi connectivity index (χ0) is 11.1. The lowest BCUT2D eigenvalue weighted by Gasteiger charge is -2.42. The van der Waals surface area contributed by atoms with E-state index in [9.17, 15) is 0 Å².